The lowest BCUT2D eigenvalue weighted by molar-refractivity contribution is -0.384. The minimum atomic E-state index is -4.22. The molecule has 1 heterocycles. The summed E-state index contributed by atoms with van der Waals surface area (Å²) in [5, 5.41) is 16.4. The van der Waals surface area contributed by atoms with Gasteiger partial charge in [-0.15, -0.1) is 0 Å². The van der Waals surface area contributed by atoms with Gasteiger partial charge in [-0.2, -0.15) is 0 Å². The van der Waals surface area contributed by atoms with E-state index in [0.717, 1.165) is 16.4 Å². The summed E-state index contributed by atoms with van der Waals surface area (Å²) in [4.78, 5) is 36.2. The molecule has 2 amide bonds. The number of non-ortho nitro benzene ring substituents is 1. The zero-order valence-electron chi connectivity index (χ0n) is 19.8. The van der Waals surface area contributed by atoms with Crippen molar-refractivity contribution in [1.29, 1.82) is 0 Å². The van der Waals surface area contributed by atoms with E-state index in [1.54, 1.807) is 42.5 Å². The number of para-hydroxylation sites is 1. The van der Waals surface area contributed by atoms with Crippen LogP contribution >= 0.6 is 0 Å². The van der Waals surface area contributed by atoms with Crippen LogP contribution in [0.4, 0.5) is 17.1 Å². The van der Waals surface area contributed by atoms with E-state index in [2.05, 4.69) is 10.6 Å². The predicted octanol–water partition coefficient (Wildman–Crippen LogP) is 3.95. The van der Waals surface area contributed by atoms with Gasteiger partial charge in [-0.25, -0.2) is 8.42 Å². The van der Waals surface area contributed by atoms with Gasteiger partial charge in [0.1, 0.15) is 12.3 Å². The van der Waals surface area contributed by atoms with Gasteiger partial charge in [-0.3, -0.25) is 24.0 Å². The summed E-state index contributed by atoms with van der Waals surface area (Å²) in [6, 6.07) is 22.0. The van der Waals surface area contributed by atoms with Gasteiger partial charge in [-0.05, 0) is 48.5 Å². The fraction of sp³-hybridized carbons (Fsp3) is 0.0769. The number of sulfonamides is 1. The normalized spacial score (nSPS) is 10.9. The highest BCUT2D eigenvalue weighted by atomic mass is 32.2. The van der Waals surface area contributed by atoms with Crippen molar-refractivity contribution in [3.63, 3.8) is 0 Å². The van der Waals surface area contributed by atoms with Crippen LogP contribution in [0, 0.1) is 10.1 Å². The second kappa shape index (κ2) is 11.4. The topological polar surface area (TPSA) is 152 Å². The lowest BCUT2D eigenvalue weighted by atomic mass is 10.1. The highest BCUT2D eigenvalue weighted by molar-refractivity contribution is 7.92. The number of nitro benzene ring substituents is 1. The summed E-state index contributed by atoms with van der Waals surface area (Å²) in [6.07, 6.45) is 1.48. The molecule has 0 atom stereocenters. The molecule has 0 aliphatic rings. The molecule has 38 heavy (non-hydrogen) atoms. The van der Waals surface area contributed by atoms with Crippen molar-refractivity contribution in [3.8, 4) is 0 Å². The van der Waals surface area contributed by atoms with E-state index in [4.69, 9.17) is 4.42 Å². The minimum Gasteiger partial charge on any atom is -0.467 e. The molecular weight excluding hydrogens is 512 g/mol. The van der Waals surface area contributed by atoms with Gasteiger partial charge in [0.05, 0.1) is 39.6 Å². The first-order valence-electron chi connectivity index (χ1n) is 11.3. The lowest BCUT2D eigenvalue weighted by Gasteiger charge is -2.24. The highest BCUT2D eigenvalue weighted by Crippen LogP contribution is 2.26. The number of amides is 2. The summed E-state index contributed by atoms with van der Waals surface area (Å²) in [6.45, 7) is -0.519. The number of nitrogens with one attached hydrogen (secondary N) is 2. The fourth-order valence-corrected chi connectivity index (χ4v) is 5.00. The molecule has 12 heteroatoms. The average molecular weight is 535 g/mol. The van der Waals surface area contributed by atoms with Crippen LogP contribution in [-0.2, 0) is 21.4 Å². The first-order valence-corrected chi connectivity index (χ1v) is 12.7. The van der Waals surface area contributed by atoms with E-state index in [9.17, 15) is 28.1 Å². The van der Waals surface area contributed by atoms with Crippen LogP contribution in [0.1, 0.15) is 16.1 Å². The van der Waals surface area contributed by atoms with E-state index >= 15 is 0 Å². The Kier molecular flexibility index (Phi) is 7.83. The Morgan fingerprint density at radius 1 is 0.895 bits per heavy atom. The predicted molar refractivity (Wildman–Crippen MR) is 139 cm³/mol. The summed E-state index contributed by atoms with van der Waals surface area (Å²) in [7, 11) is -4.22. The molecule has 0 spiro atoms. The Labute approximate surface area is 217 Å². The van der Waals surface area contributed by atoms with Crippen molar-refractivity contribution in [2.45, 2.75) is 11.4 Å². The molecule has 0 aliphatic carbocycles. The standard InChI is InChI=1S/C26H22N4O7S/c31-25(28-24-11-5-4-10-23(24)26(32)27-17-21-7-6-16-37-21)18-29(19-12-14-20(15-13-19)30(33)34)38(35,36)22-8-2-1-3-9-22/h1-16H,17-18H2,(H,27,32)(H,28,31). The second-order valence-electron chi connectivity index (χ2n) is 7.95. The Balaban J connectivity index is 1.58. The molecule has 1 aromatic heterocycles. The van der Waals surface area contributed by atoms with Crippen molar-refractivity contribution in [2.75, 3.05) is 16.2 Å². The maximum Gasteiger partial charge on any atom is 0.269 e. The Bertz CT molecular complexity index is 1540. The SMILES string of the molecule is O=C(CN(c1ccc([N+](=O)[O-])cc1)S(=O)(=O)c1ccccc1)Nc1ccccc1C(=O)NCc1ccco1. The van der Waals surface area contributed by atoms with Crippen molar-refractivity contribution >= 4 is 38.9 Å². The van der Waals surface area contributed by atoms with Gasteiger partial charge in [-0.1, -0.05) is 30.3 Å². The molecule has 194 valence electrons. The third kappa shape index (κ3) is 6.05. The zero-order valence-corrected chi connectivity index (χ0v) is 20.6. The molecule has 2 N–H and O–H groups in total. The Hall–Kier alpha value is -4.97. The fourth-order valence-electron chi connectivity index (χ4n) is 3.56. The first-order chi connectivity index (χ1) is 18.3. The van der Waals surface area contributed by atoms with Gasteiger partial charge in [0.25, 0.3) is 21.6 Å². The van der Waals surface area contributed by atoms with Crippen molar-refractivity contribution in [1.82, 2.24) is 5.32 Å². The molecule has 11 nitrogen and oxygen atoms in total. The van der Waals surface area contributed by atoms with Gasteiger partial charge in [0, 0.05) is 12.1 Å². The number of furan rings is 1. The third-order valence-electron chi connectivity index (χ3n) is 5.42. The monoisotopic (exact) mass is 534 g/mol. The number of rotatable bonds is 10. The lowest BCUT2D eigenvalue weighted by Crippen LogP contribution is -2.38. The molecule has 0 saturated heterocycles. The number of anilines is 2. The quantitative estimate of drug-likeness (QED) is 0.231. The highest BCUT2D eigenvalue weighted by Gasteiger charge is 2.28. The number of benzene rings is 3. The van der Waals surface area contributed by atoms with Crippen molar-refractivity contribution < 1.29 is 27.3 Å². The van der Waals surface area contributed by atoms with Crippen LogP contribution in [-0.4, -0.2) is 31.7 Å². The third-order valence-corrected chi connectivity index (χ3v) is 7.20. The molecule has 3 aromatic carbocycles. The van der Waals surface area contributed by atoms with Crippen LogP contribution in [0.3, 0.4) is 0 Å². The van der Waals surface area contributed by atoms with Gasteiger partial charge in [0.2, 0.25) is 5.91 Å². The van der Waals surface area contributed by atoms with E-state index in [1.807, 2.05) is 0 Å². The smallest absolute Gasteiger partial charge is 0.269 e. The number of carbonyl (C=O) groups is 2. The molecule has 0 radical (unpaired) electrons. The summed E-state index contributed by atoms with van der Waals surface area (Å²) < 4.78 is 33.0. The maximum absolute atomic E-state index is 13.5. The summed E-state index contributed by atoms with van der Waals surface area (Å²) >= 11 is 0. The minimum absolute atomic E-state index is 0.0547. The second-order valence-corrected chi connectivity index (χ2v) is 9.82. The number of nitrogens with zero attached hydrogens (tertiary/aromatic N) is 2. The molecule has 4 aromatic rings. The van der Waals surface area contributed by atoms with E-state index < -0.39 is 33.3 Å². The van der Waals surface area contributed by atoms with E-state index in [-0.39, 0.29) is 34.1 Å². The molecule has 0 aliphatic heterocycles. The molecular formula is C26H22N4O7S. The Morgan fingerprint density at radius 3 is 2.24 bits per heavy atom. The zero-order chi connectivity index (χ0) is 27.1. The molecule has 0 unspecified atom stereocenters. The van der Waals surface area contributed by atoms with Crippen LogP contribution in [0.25, 0.3) is 0 Å². The largest absolute Gasteiger partial charge is 0.467 e. The number of hydrogen-bond acceptors (Lipinski definition) is 7. The van der Waals surface area contributed by atoms with Crippen molar-refractivity contribution in [3.05, 3.63) is 119 Å². The van der Waals surface area contributed by atoms with E-state index in [0.29, 0.717) is 5.76 Å². The van der Waals surface area contributed by atoms with Crippen LogP contribution in [0.2, 0.25) is 0 Å². The summed E-state index contributed by atoms with van der Waals surface area (Å²) in [5.74, 6) is -0.652. The number of hydrogen-bond donors (Lipinski definition) is 2. The number of nitro groups is 1. The van der Waals surface area contributed by atoms with Gasteiger partial charge in [0.15, 0.2) is 0 Å². The Morgan fingerprint density at radius 2 is 1.58 bits per heavy atom. The average Bonchev–Trinajstić information content (AvgIpc) is 3.45. The van der Waals surface area contributed by atoms with E-state index in [1.165, 1.54) is 42.7 Å². The van der Waals surface area contributed by atoms with Crippen LogP contribution in [0.5, 0.6) is 0 Å². The summed E-state index contributed by atoms with van der Waals surface area (Å²) in [5.41, 5.74) is 0.166. The molecule has 0 fully saturated rings. The van der Waals surface area contributed by atoms with Crippen LogP contribution in [0.15, 0.2) is 107 Å². The molecule has 0 saturated carbocycles. The maximum atomic E-state index is 13.5. The molecule has 4 rings (SSSR count). The van der Waals surface area contributed by atoms with Crippen molar-refractivity contribution in [2.24, 2.45) is 0 Å². The first kappa shape index (κ1) is 26.1. The van der Waals surface area contributed by atoms with Gasteiger partial charge >= 0.3 is 0 Å². The van der Waals surface area contributed by atoms with Crippen LogP contribution < -0.4 is 14.9 Å². The van der Waals surface area contributed by atoms with Gasteiger partial charge < -0.3 is 15.1 Å². The molecule has 0 bridgehead atoms. The number of carbonyl (C=O) groups excluding carboxylic acids is 2.